The summed E-state index contributed by atoms with van der Waals surface area (Å²) in [5, 5.41) is 32.7. The van der Waals surface area contributed by atoms with Crippen LogP contribution in [0, 0.1) is 0 Å². The first-order valence-electron chi connectivity index (χ1n) is 19.4. The van der Waals surface area contributed by atoms with Crippen molar-refractivity contribution in [1.29, 1.82) is 0 Å². The molecule has 2 aromatic heterocycles. The number of alkyl carbamates (subject to hydrolysis) is 2. The molecule has 0 saturated heterocycles. The number of ether oxygens (including phenoxy) is 2. The maximum Gasteiger partial charge on any atom is 0.408 e. The minimum Gasteiger partial charge on any atom is -0.480 e. The molecule has 2 aromatic carbocycles. The van der Waals surface area contributed by atoms with Gasteiger partial charge in [0.15, 0.2) is 11.6 Å². The average Bonchev–Trinajstić information content (AvgIpc) is 3.20. The summed E-state index contributed by atoms with van der Waals surface area (Å²) < 4.78 is 10.2. The van der Waals surface area contributed by atoms with E-state index in [4.69, 9.17) is 31.8 Å². The van der Waals surface area contributed by atoms with Crippen molar-refractivity contribution in [1.82, 2.24) is 20.6 Å². The average molecular weight is 907 g/mol. The third-order valence-electron chi connectivity index (χ3n) is 7.35. The van der Waals surface area contributed by atoms with Gasteiger partial charge in [0.05, 0.1) is 11.4 Å². The Morgan fingerprint density at radius 2 is 1.06 bits per heavy atom. The number of anilines is 4. The second kappa shape index (κ2) is 26.8. The van der Waals surface area contributed by atoms with E-state index >= 15 is 0 Å². The highest BCUT2D eigenvalue weighted by Gasteiger charge is 2.25. The fraction of sp³-hybridized carbons (Fsp3) is 0.381. The summed E-state index contributed by atoms with van der Waals surface area (Å²) >= 11 is 3.10. The van der Waals surface area contributed by atoms with Crippen molar-refractivity contribution in [3.63, 3.8) is 0 Å². The number of carbonyl (C=O) groups excluding carboxylic acids is 3. The van der Waals surface area contributed by atoms with Gasteiger partial charge in [0.1, 0.15) is 46.3 Å². The van der Waals surface area contributed by atoms with Crippen LogP contribution in [-0.4, -0.2) is 86.4 Å². The first-order chi connectivity index (χ1) is 29.7. The number of hydrogen-bond donors (Lipinski definition) is 7. The van der Waals surface area contributed by atoms with Crippen molar-refractivity contribution in [2.24, 2.45) is 20.5 Å². The Kier molecular flexibility index (Phi) is 22.4. The molecule has 2 atom stereocenters. The molecule has 0 radical (unpaired) electrons. The maximum atomic E-state index is 12.7. The van der Waals surface area contributed by atoms with Gasteiger partial charge in [-0.25, -0.2) is 24.4 Å². The third kappa shape index (κ3) is 22.8. The number of carboxylic acid groups (broad SMARTS) is 1. The van der Waals surface area contributed by atoms with E-state index in [-0.39, 0.29) is 17.5 Å². The molecule has 21 heteroatoms. The fourth-order valence-corrected chi connectivity index (χ4v) is 5.46. The van der Waals surface area contributed by atoms with Crippen LogP contribution in [0.5, 0.6) is 0 Å². The molecule has 19 nitrogen and oxygen atoms in total. The molecular weight excluding hydrogens is 849 g/mol. The summed E-state index contributed by atoms with van der Waals surface area (Å²) in [4.78, 5) is 55.0. The lowest BCUT2D eigenvalue weighted by molar-refractivity contribution is -0.139. The minimum absolute atomic E-state index is 0.123. The highest BCUT2D eigenvalue weighted by molar-refractivity contribution is 7.98. The number of carboxylic acids is 1. The molecule has 4 aromatic rings. The molecule has 63 heavy (non-hydrogen) atoms. The minimum atomic E-state index is -1.04. The number of hydrogen-bond acceptors (Lipinski definition) is 17. The van der Waals surface area contributed by atoms with Crippen LogP contribution in [0.3, 0.4) is 0 Å². The number of thioether (sulfide) groups is 2. The number of rotatable bonds is 15. The highest BCUT2D eigenvalue weighted by atomic mass is 32.2. The van der Waals surface area contributed by atoms with Crippen LogP contribution < -0.4 is 33.2 Å². The number of nitrogens with one attached hydrogen (secondary N) is 3. The number of carbonyl (C=O) groups is 4. The fourth-order valence-electron chi connectivity index (χ4n) is 4.51. The lowest BCUT2D eigenvalue weighted by Crippen LogP contribution is -2.46. The van der Waals surface area contributed by atoms with Crippen molar-refractivity contribution in [3.05, 3.63) is 84.9 Å². The predicted octanol–water partition coefficient (Wildman–Crippen LogP) is 9.04. The summed E-state index contributed by atoms with van der Waals surface area (Å²) in [6.07, 6.45) is 3.28. The van der Waals surface area contributed by atoms with E-state index in [2.05, 4.69) is 46.4 Å². The number of benzene rings is 2. The van der Waals surface area contributed by atoms with Gasteiger partial charge >= 0.3 is 18.2 Å². The van der Waals surface area contributed by atoms with Crippen molar-refractivity contribution < 1.29 is 33.8 Å². The Balaban J connectivity index is 0.000000359. The summed E-state index contributed by atoms with van der Waals surface area (Å²) in [6.45, 7) is 10.4. The number of aliphatic carboxylic acids is 1. The lowest BCUT2D eigenvalue weighted by Gasteiger charge is -2.23. The molecule has 4 rings (SSSR count). The van der Waals surface area contributed by atoms with Gasteiger partial charge in [-0.3, -0.25) is 4.79 Å². The molecule has 0 aliphatic heterocycles. The molecule has 0 unspecified atom stereocenters. The van der Waals surface area contributed by atoms with E-state index in [0.717, 1.165) is 5.69 Å². The van der Waals surface area contributed by atoms with Crippen molar-refractivity contribution >= 4 is 93.6 Å². The summed E-state index contributed by atoms with van der Waals surface area (Å²) in [5.74, 6) is 0.926. The number of aromatic nitrogens is 2. The zero-order valence-corrected chi connectivity index (χ0v) is 38.3. The third-order valence-corrected chi connectivity index (χ3v) is 8.64. The maximum absolute atomic E-state index is 12.7. The molecule has 0 fully saturated rings. The molecule has 2 heterocycles. The number of nitrogen functional groups attached to an aromatic ring is 3. The van der Waals surface area contributed by atoms with Crippen LogP contribution >= 0.6 is 23.5 Å². The molecular formula is C42H58N12O7S2. The zero-order valence-electron chi connectivity index (χ0n) is 36.7. The van der Waals surface area contributed by atoms with E-state index < -0.39 is 47.3 Å². The first kappa shape index (κ1) is 52.7. The number of pyridine rings is 2. The summed E-state index contributed by atoms with van der Waals surface area (Å²) in [7, 11) is 0. The van der Waals surface area contributed by atoms with Crippen molar-refractivity contribution in [3.8, 4) is 0 Å². The molecule has 0 saturated carbocycles. The van der Waals surface area contributed by atoms with Crippen LogP contribution in [0.2, 0.25) is 0 Å². The normalized spacial score (nSPS) is 12.1. The van der Waals surface area contributed by atoms with Crippen LogP contribution in [0.4, 0.5) is 55.6 Å². The van der Waals surface area contributed by atoms with Gasteiger partial charge in [0, 0.05) is 0 Å². The van der Waals surface area contributed by atoms with E-state index in [9.17, 15) is 19.2 Å². The monoisotopic (exact) mass is 906 g/mol. The van der Waals surface area contributed by atoms with Crippen LogP contribution in [0.1, 0.15) is 54.4 Å². The Labute approximate surface area is 376 Å². The predicted molar refractivity (Wildman–Crippen MR) is 252 cm³/mol. The van der Waals surface area contributed by atoms with Crippen molar-refractivity contribution in [2.45, 2.75) is 77.7 Å². The van der Waals surface area contributed by atoms with Gasteiger partial charge in [-0.2, -0.15) is 33.8 Å². The van der Waals surface area contributed by atoms with Gasteiger partial charge in [0.2, 0.25) is 5.91 Å². The van der Waals surface area contributed by atoms with Gasteiger partial charge in [-0.1, -0.05) is 36.4 Å². The number of nitrogens with two attached hydrogens (primary N) is 3. The Bertz CT molecular complexity index is 2120. The van der Waals surface area contributed by atoms with Crippen LogP contribution in [-0.2, 0) is 19.1 Å². The van der Waals surface area contributed by atoms with Crippen LogP contribution in [0.25, 0.3) is 0 Å². The number of azo groups is 2. The number of amides is 3. The largest absolute Gasteiger partial charge is 0.480 e. The van der Waals surface area contributed by atoms with Crippen LogP contribution in [0.15, 0.2) is 105 Å². The Hall–Kier alpha value is -6.48. The van der Waals surface area contributed by atoms with Gasteiger partial charge in [0.25, 0.3) is 0 Å². The molecule has 0 bridgehead atoms. The standard InChI is InChI=1S/C21H28N6O3S.C11H11N5.C10H19NO4S/c1-21(2,3)30-20(29)23-16(12-13-31-4)19(28)25-17-11-10-15(18(22)24-17)27-26-14-8-6-5-7-9-14;12-10-7-6-9(11(13)14-10)16-15-8-4-2-1-3-5-8;1-10(2,3)15-9(14)11-7(8(12)13)5-6-16-4/h5-11,16H,12-13H2,1-4H3,(H,23,29)(H3,22,24,25,28);1-7H,(H4,12,13,14);7H,5-6H2,1-4H3,(H,11,14)(H,12,13)/t16-;;7-/m0.0/s1. The quantitative estimate of drug-likeness (QED) is 0.0548. The van der Waals surface area contributed by atoms with E-state index in [1.165, 1.54) is 11.8 Å². The second-order valence-corrected chi connectivity index (χ2v) is 17.1. The molecule has 0 aliphatic carbocycles. The Morgan fingerprint density at radius 3 is 1.48 bits per heavy atom. The SMILES string of the molecule is CSCC[C@H](NC(=O)OC(C)(C)C)C(=O)Nc1ccc(N=Nc2ccccc2)c(N)n1.CSCC[C@H](NC(=O)OC(C)(C)C)C(=O)O.Nc1ccc(N=Nc2ccccc2)c(N)n1. The summed E-state index contributed by atoms with van der Waals surface area (Å²) in [6, 6.07) is 23.5. The molecule has 10 N–H and O–H groups in total. The summed E-state index contributed by atoms with van der Waals surface area (Å²) in [5.41, 5.74) is 18.1. The number of nitrogens with zero attached hydrogens (tertiary/aromatic N) is 6. The Morgan fingerprint density at radius 1 is 0.635 bits per heavy atom. The molecule has 340 valence electrons. The topological polar surface area (TPSA) is 296 Å². The van der Waals surface area contributed by atoms with Gasteiger partial charge in [-0.05, 0) is 127 Å². The highest BCUT2D eigenvalue weighted by Crippen LogP contribution is 2.25. The van der Waals surface area contributed by atoms with Gasteiger partial charge < -0.3 is 47.7 Å². The van der Waals surface area contributed by atoms with E-state index in [1.54, 1.807) is 77.6 Å². The first-order valence-corrected chi connectivity index (χ1v) is 22.2. The second-order valence-electron chi connectivity index (χ2n) is 15.1. The van der Waals surface area contributed by atoms with E-state index in [1.807, 2.05) is 73.2 Å². The smallest absolute Gasteiger partial charge is 0.408 e. The molecule has 0 spiro atoms. The van der Waals surface area contributed by atoms with Crippen molar-refractivity contribution in [2.75, 3.05) is 46.5 Å². The van der Waals surface area contributed by atoms with E-state index in [0.29, 0.717) is 47.2 Å². The molecule has 0 aliphatic rings. The van der Waals surface area contributed by atoms with Gasteiger partial charge in [-0.15, -0.1) is 10.2 Å². The lowest BCUT2D eigenvalue weighted by atomic mass is 10.2. The zero-order chi connectivity index (χ0) is 47.0. The molecule has 3 amide bonds.